The summed E-state index contributed by atoms with van der Waals surface area (Å²) in [5.74, 6) is -0.408. The molecule has 0 aliphatic rings. The van der Waals surface area contributed by atoms with E-state index in [1.807, 2.05) is 30.3 Å². The van der Waals surface area contributed by atoms with E-state index in [0.717, 1.165) is 5.39 Å². The largest absolute Gasteiger partial charge is 0.426 e. The summed E-state index contributed by atoms with van der Waals surface area (Å²) >= 11 is 0. The summed E-state index contributed by atoms with van der Waals surface area (Å²) in [4.78, 5) is 11.7. The van der Waals surface area contributed by atoms with Crippen LogP contribution in [-0.2, 0) is 20.4 Å². The third-order valence-electron chi connectivity index (χ3n) is 3.65. The molecule has 0 spiro atoms. The molecule has 0 N–H and O–H groups in total. The number of fused-ring (bicyclic) bond motifs is 1. The minimum Gasteiger partial charge on any atom is -0.426 e. The first-order valence-corrected chi connectivity index (χ1v) is 9.09. The average molecular weight is 340 g/mol. The van der Waals surface area contributed by atoms with Crippen molar-refractivity contribution in [2.45, 2.75) is 17.6 Å². The number of hydrogen-bond acceptors (Lipinski definition) is 4. The van der Waals surface area contributed by atoms with E-state index < -0.39 is 15.8 Å². The van der Waals surface area contributed by atoms with Gasteiger partial charge >= 0.3 is 5.97 Å². The Morgan fingerprint density at radius 3 is 2.29 bits per heavy atom. The maximum Gasteiger partial charge on any atom is 0.308 e. The molecule has 3 rings (SSSR count). The van der Waals surface area contributed by atoms with E-state index in [4.69, 9.17) is 4.74 Å². The molecular formula is C19H16O4S. The van der Waals surface area contributed by atoms with Crippen LogP contribution in [0.15, 0.2) is 71.6 Å². The Morgan fingerprint density at radius 1 is 0.917 bits per heavy atom. The van der Waals surface area contributed by atoms with E-state index in [2.05, 4.69) is 0 Å². The first-order valence-electron chi connectivity index (χ1n) is 7.44. The highest BCUT2D eigenvalue weighted by Gasteiger charge is 2.20. The molecule has 0 unspecified atom stereocenters. The fourth-order valence-corrected chi connectivity index (χ4v) is 3.96. The lowest BCUT2D eigenvalue weighted by atomic mass is 10.1. The Kier molecular flexibility index (Phi) is 4.36. The minimum absolute atomic E-state index is 0.232. The molecule has 24 heavy (non-hydrogen) atoms. The summed E-state index contributed by atoms with van der Waals surface area (Å²) in [6.45, 7) is 1.30. The zero-order valence-corrected chi connectivity index (χ0v) is 13.9. The van der Waals surface area contributed by atoms with Gasteiger partial charge in [0.2, 0.25) is 0 Å². The molecule has 0 atom stereocenters. The molecule has 0 radical (unpaired) electrons. The van der Waals surface area contributed by atoms with Gasteiger partial charge in [0.25, 0.3) is 0 Å². The molecule has 0 amide bonds. The normalized spacial score (nSPS) is 11.4. The fraction of sp³-hybridized carbons (Fsp3) is 0.105. The number of sulfone groups is 1. The molecule has 3 aromatic rings. The summed E-state index contributed by atoms with van der Waals surface area (Å²) in [5, 5.41) is 1.60. The summed E-state index contributed by atoms with van der Waals surface area (Å²) in [6.07, 6.45) is 0. The van der Waals surface area contributed by atoms with Gasteiger partial charge in [-0.2, -0.15) is 0 Å². The smallest absolute Gasteiger partial charge is 0.308 e. The fourth-order valence-electron chi connectivity index (χ4n) is 2.58. The highest BCUT2D eigenvalue weighted by molar-refractivity contribution is 7.90. The van der Waals surface area contributed by atoms with E-state index in [-0.39, 0.29) is 10.6 Å². The van der Waals surface area contributed by atoms with Gasteiger partial charge in [-0.1, -0.05) is 54.6 Å². The number of carbonyl (C=O) groups is 1. The van der Waals surface area contributed by atoms with Crippen LogP contribution in [0, 0.1) is 0 Å². The second-order valence-corrected chi connectivity index (χ2v) is 7.43. The number of esters is 1. The molecule has 0 aromatic heterocycles. The van der Waals surface area contributed by atoms with E-state index in [9.17, 15) is 13.2 Å². The predicted octanol–water partition coefficient (Wildman–Crippen LogP) is 3.74. The molecule has 0 saturated heterocycles. The van der Waals surface area contributed by atoms with E-state index in [0.29, 0.717) is 16.7 Å². The van der Waals surface area contributed by atoms with Crippen LogP contribution in [0.5, 0.6) is 5.75 Å². The van der Waals surface area contributed by atoms with E-state index in [1.54, 1.807) is 36.4 Å². The summed E-state index contributed by atoms with van der Waals surface area (Å²) in [7, 11) is -3.53. The standard InChI is InChI=1S/C19H16O4S/c1-14(20)23-19-16(12-11-15-7-5-6-10-18(15)19)13-24(21,22)17-8-3-2-4-9-17/h2-12H,13H2,1H3. The topological polar surface area (TPSA) is 60.4 Å². The predicted molar refractivity (Wildman–Crippen MR) is 92.6 cm³/mol. The van der Waals surface area contributed by atoms with E-state index in [1.165, 1.54) is 6.92 Å². The molecule has 0 bridgehead atoms. The molecule has 0 aliphatic heterocycles. The lowest BCUT2D eigenvalue weighted by molar-refractivity contribution is -0.131. The average Bonchev–Trinajstić information content (AvgIpc) is 2.57. The van der Waals surface area contributed by atoms with Crippen molar-refractivity contribution >= 4 is 26.6 Å². The zero-order chi connectivity index (χ0) is 17.2. The van der Waals surface area contributed by atoms with Crippen LogP contribution in [0.25, 0.3) is 10.8 Å². The second kappa shape index (κ2) is 6.45. The third kappa shape index (κ3) is 3.31. The maximum atomic E-state index is 12.6. The highest BCUT2D eigenvalue weighted by atomic mass is 32.2. The van der Waals surface area contributed by atoms with Crippen molar-refractivity contribution in [3.63, 3.8) is 0 Å². The van der Waals surface area contributed by atoms with Crippen LogP contribution in [-0.4, -0.2) is 14.4 Å². The van der Waals surface area contributed by atoms with Gasteiger partial charge in [0.15, 0.2) is 9.84 Å². The molecule has 0 fully saturated rings. The SMILES string of the molecule is CC(=O)Oc1c(CS(=O)(=O)c2ccccc2)ccc2ccccc12. The van der Waals surface area contributed by atoms with Gasteiger partial charge in [-0.3, -0.25) is 4.79 Å². The third-order valence-corrected chi connectivity index (χ3v) is 5.34. The van der Waals surface area contributed by atoms with Crippen molar-refractivity contribution in [3.8, 4) is 5.75 Å². The van der Waals surface area contributed by atoms with Crippen molar-refractivity contribution in [2.75, 3.05) is 0 Å². The first-order chi connectivity index (χ1) is 11.5. The van der Waals surface area contributed by atoms with Crippen LogP contribution in [0.4, 0.5) is 0 Å². The number of hydrogen-bond donors (Lipinski definition) is 0. The Balaban J connectivity index is 2.11. The van der Waals surface area contributed by atoms with Crippen molar-refractivity contribution in [3.05, 3.63) is 72.3 Å². The van der Waals surface area contributed by atoms with Crippen LogP contribution in [0.2, 0.25) is 0 Å². The zero-order valence-electron chi connectivity index (χ0n) is 13.1. The summed E-state index contributed by atoms with van der Waals surface area (Å²) in [5.41, 5.74) is 0.466. The van der Waals surface area contributed by atoms with Crippen molar-refractivity contribution in [1.82, 2.24) is 0 Å². The molecule has 3 aromatic carbocycles. The molecule has 122 valence electrons. The molecule has 0 heterocycles. The van der Waals surface area contributed by atoms with Gasteiger partial charge in [0.05, 0.1) is 10.6 Å². The number of carbonyl (C=O) groups excluding carboxylic acids is 1. The summed E-state index contributed by atoms with van der Waals surface area (Å²) in [6, 6.07) is 19.2. The highest BCUT2D eigenvalue weighted by Crippen LogP contribution is 2.32. The number of benzene rings is 3. The second-order valence-electron chi connectivity index (χ2n) is 5.44. The molecular weight excluding hydrogens is 324 g/mol. The van der Waals surface area contributed by atoms with Gasteiger partial charge in [-0.15, -0.1) is 0 Å². The van der Waals surface area contributed by atoms with Crippen molar-refractivity contribution < 1.29 is 17.9 Å². The van der Waals surface area contributed by atoms with Gasteiger partial charge in [0, 0.05) is 17.9 Å². The van der Waals surface area contributed by atoms with Gasteiger partial charge in [-0.05, 0) is 17.5 Å². The quantitative estimate of drug-likeness (QED) is 0.536. The van der Waals surface area contributed by atoms with E-state index >= 15 is 0 Å². The lowest BCUT2D eigenvalue weighted by Gasteiger charge is -2.13. The molecule has 4 nitrogen and oxygen atoms in total. The molecule has 0 saturated carbocycles. The molecule has 0 aliphatic carbocycles. The van der Waals surface area contributed by atoms with Crippen LogP contribution >= 0.6 is 0 Å². The van der Waals surface area contributed by atoms with Crippen LogP contribution in [0.3, 0.4) is 0 Å². The Bertz CT molecular complexity index is 992. The van der Waals surface area contributed by atoms with Crippen LogP contribution in [0.1, 0.15) is 12.5 Å². The first kappa shape index (κ1) is 16.2. The van der Waals surface area contributed by atoms with Crippen LogP contribution < -0.4 is 4.74 Å². The Morgan fingerprint density at radius 2 is 1.58 bits per heavy atom. The summed E-state index contributed by atoms with van der Waals surface area (Å²) < 4.78 is 30.6. The molecule has 5 heteroatoms. The maximum absolute atomic E-state index is 12.6. The van der Waals surface area contributed by atoms with Gasteiger partial charge in [0.1, 0.15) is 5.75 Å². The minimum atomic E-state index is -3.53. The lowest BCUT2D eigenvalue weighted by Crippen LogP contribution is -2.09. The Hall–Kier alpha value is -2.66. The van der Waals surface area contributed by atoms with Crippen molar-refractivity contribution in [2.24, 2.45) is 0 Å². The van der Waals surface area contributed by atoms with Gasteiger partial charge in [-0.25, -0.2) is 8.42 Å². The number of rotatable bonds is 4. The van der Waals surface area contributed by atoms with Crippen molar-refractivity contribution in [1.29, 1.82) is 0 Å². The van der Waals surface area contributed by atoms with Gasteiger partial charge < -0.3 is 4.74 Å². The Labute approximate surface area is 140 Å². The number of ether oxygens (including phenoxy) is 1. The monoisotopic (exact) mass is 340 g/mol.